The third-order valence-corrected chi connectivity index (χ3v) is 3.62. The van der Waals surface area contributed by atoms with Gasteiger partial charge in [-0.05, 0) is 41.8 Å². The van der Waals surface area contributed by atoms with Crippen LogP contribution >= 0.6 is 0 Å². The fraction of sp³-hybridized carbons (Fsp3) is 0.353. The Hall–Kier alpha value is -2.12. The average molecular weight is 340 g/mol. The Morgan fingerprint density at radius 2 is 1.92 bits per heavy atom. The first-order valence-electron chi connectivity index (χ1n) is 7.41. The average Bonchev–Trinajstić information content (AvgIpc) is 2.58. The quantitative estimate of drug-likeness (QED) is 0.814. The normalized spacial score (nSPS) is 14.2. The lowest BCUT2D eigenvalue weighted by atomic mass is 10.1. The number of aliphatic hydroxyl groups excluding tert-OH is 1. The highest BCUT2D eigenvalue weighted by molar-refractivity contribution is 5.30. The van der Waals surface area contributed by atoms with Crippen molar-refractivity contribution in [3.63, 3.8) is 0 Å². The molecule has 1 aromatic heterocycles. The van der Waals surface area contributed by atoms with Crippen molar-refractivity contribution in [2.24, 2.45) is 0 Å². The Balaban J connectivity index is 2.01. The molecule has 0 aliphatic rings. The second-order valence-electron chi connectivity index (χ2n) is 5.35. The molecule has 2 atom stereocenters. The first-order chi connectivity index (χ1) is 11.4. The van der Waals surface area contributed by atoms with Crippen molar-refractivity contribution in [3.05, 3.63) is 59.9 Å². The molecule has 0 aliphatic heterocycles. The standard InChI is InChI=1S/C17H19F3N2O2/c1-24-14-4-2-3-13(10-14)15(23)11-22-16(17(18,19)20)9-12-5-7-21-8-6-12/h2-8,10,15-16,22-23H,9,11H2,1H3. The molecule has 1 heterocycles. The summed E-state index contributed by atoms with van der Waals surface area (Å²) in [7, 11) is 1.48. The van der Waals surface area contributed by atoms with Gasteiger partial charge in [0.25, 0.3) is 0 Å². The molecule has 2 aromatic rings. The molecule has 24 heavy (non-hydrogen) atoms. The number of ether oxygens (including phenoxy) is 1. The van der Waals surface area contributed by atoms with E-state index in [1.165, 1.54) is 19.5 Å². The van der Waals surface area contributed by atoms with Crippen LogP contribution in [0.2, 0.25) is 0 Å². The van der Waals surface area contributed by atoms with Gasteiger partial charge in [0.2, 0.25) is 0 Å². The van der Waals surface area contributed by atoms with E-state index in [0.717, 1.165) is 0 Å². The van der Waals surface area contributed by atoms with Gasteiger partial charge in [0.15, 0.2) is 0 Å². The molecule has 0 fully saturated rings. The molecule has 2 unspecified atom stereocenters. The zero-order valence-corrected chi connectivity index (χ0v) is 13.1. The lowest BCUT2D eigenvalue weighted by Crippen LogP contribution is -2.45. The number of nitrogens with one attached hydrogen (secondary N) is 1. The summed E-state index contributed by atoms with van der Waals surface area (Å²) in [6.45, 7) is -0.220. The number of hydrogen-bond acceptors (Lipinski definition) is 4. The Morgan fingerprint density at radius 3 is 2.54 bits per heavy atom. The highest BCUT2D eigenvalue weighted by Crippen LogP contribution is 2.24. The topological polar surface area (TPSA) is 54.4 Å². The van der Waals surface area contributed by atoms with Gasteiger partial charge in [-0.2, -0.15) is 13.2 Å². The highest BCUT2D eigenvalue weighted by atomic mass is 19.4. The summed E-state index contributed by atoms with van der Waals surface area (Å²) in [5.74, 6) is 0.538. The number of pyridine rings is 1. The molecule has 0 saturated heterocycles. The van der Waals surface area contributed by atoms with Crippen LogP contribution in [0, 0.1) is 0 Å². The lowest BCUT2D eigenvalue weighted by Gasteiger charge is -2.23. The predicted molar refractivity (Wildman–Crippen MR) is 83.7 cm³/mol. The molecule has 2 rings (SSSR count). The first-order valence-corrected chi connectivity index (χ1v) is 7.41. The SMILES string of the molecule is COc1cccc(C(O)CNC(Cc2ccncc2)C(F)(F)F)c1. The van der Waals surface area contributed by atoms with E-state index < -0.39 is 18.3 Å². The maximum Gasteiger partial charge on any atom is 0.404 e. The monoisotopic (exact) mass is 340 g/mol. The molecule has 0 radical (unpaired) electrons. The van der Waals surface area contributed by atoms with Gasteiger partial charge in [-0.3, -0.25) is 4.98 Å². The molecule has 0 amide bonds. The van der Waals surface area contributed by atoms with Gasteiger partial charge in [0.1, 0.15) is 11.8 Å². The minimum Gasteiger partial charge on any atom is -0.497 e. The summed E-state index contributed by atoms with van der Waals surface area (Å²) in [5, 5.41) is 12.5. The Kier molecular flexibility index (Phi) is 6.16. The molecule has 130 valence electrons. The van der Waals surface area contributed by atoms with Crippen LogP contribution in [-0.4, -0.2) is 36.0 Å². The van der Waals surface area contributed by atoms with Crippen LogP contribution in [0.4, 0.5) is 13.2 Å². The van der Waals surface area contributed by atoms with Gasteiger partial charge < -0.3 is 15.2 Å². The van der Waals surface area contributed by atoms with E-state index in [2.05, 4.69) is 10.3 Å². The zero-order valence-electron chi connectivity index (χ0n) is 13.1. The minimum atomic E-state index is -4.42. The van der Waals surface area contributed by atoms with Crippen LogP contribution in [0.3, 0.4) is 0 Å². The number of halogens is 3. The number of hydrogen-bond donors (Lipinski definition) is 2. The number of rotatable bonds is 7. The Bertz CT molecular complexity index is 635. The van der Waals surface area contributed by atoms with Gasteiger partial charge in [-0.25, -0.2) is 0 Å². The van der Waals surface area contributed by atoms with Crippen LogP contribution in [0.5, 0.6) is 5.75 Å². The largest absolute Gasteiger partial charge is 0.497 e. The lowest BCUT2D eigenvalue weighted by molar-refractivity contribution is -0.156. The fourth-order valence-electron chi connectivity index (χ4n) is 2.28. The van der Waals surface area contributed by atoms with Crippen LogP contribution in [0.25, 0.3) is 0 Å². The van der Waals surface area contributed by atoms with Crippen LogP contribution in [0.1, 0.15) is 17.2 Å². The first kappa shape index (κ1) is 18.2. The summed E-state index contributed by atoms with van der Waals surface area (Å²) < 4.78 is 44.6. The second-order valence-corrected chi connectivity index (χ2v) is 5.35. The summed E-state index contributed by atoms with van der Waals surface area (Å²) in [4.78, 5) is 3.79. The van der Waals surface area contributed by atoms with Crippen molar-refractivity contribution in [2.75, 3.05) is 13.7 Å². The van der Waals surface area contributed by atoms with Crippen molar-refractivity contribution in [2.45, 2.75) is 24.7 Å². The molecular weight excluding hydrogens is 321 g/mol. The van der Waals surface area contributed by atoms with Gasteiger partial charge in [-0.1, -0.05) is 12.1 Å². The Labute approximate surface area is 138 Å². The summed E-state index contributed by atoms with van der Waals surface area (Å²) in [6.07, 6.45) is -2.81. The van der Waals surface area contributed by atoms with Crippen LogP contribution in [-0.2, 0) is 6.42 Å². The second kappa shape index (κ2) is 8.12. The number of methoxy groups -OCH3 is 1. The van der Waals surface area contributed by atoms with Crippen LogP contribution < -0.4 is 10.1 Å². The number of nitrogens with zero attached hydrogens (tertiary/aromatic N) is 1. The van der Waals surface area contributed by atoms with Crippen molar-refractivity contribution in [1.82, 2.24) is 10.3 Å². The van der Waals surface area contributed by atoms with E-state index in [4.69, 9.17) is 4.74 Å². The van der Waals surface area contributed by atoms with Crippen molar-refractivity contribution in [1.29, 1.82) is 0 Å². The summed E-state index contributed by atoms with van der Waals surface area (Å²) >= 11 is 0. The molecule has 0 saturated carbocycles. The smallest absolute Gasteiger partial charge is 0.404 e. The predicted octanol–water partition coefficient (Wildman–Crippen LogP) is 2.89. The van der Waals surface area contributed by atoms with E-state index >= 15 is 0 Å². The maximum atomic E-state index is 13.2. The number of aromatic nitrogens is 1. The van der Waals surface area contributed by atoms with Crippen molar-refractivity contribution in [3.8, 4) is 5.75 Å². The molecule has 4 nitrogen and oxygen atoms in total. The number of aliphatic hydroxyl groups is 1. The molecule has 2 N–H and O–H groups in total. The highest BCUT2D eigenvalue weighted by Gasteiger charge is 2.39. The number of alkyl halides is 3. The van der Waals surface area contributed by atoms with E-state index in [1.54, 1.807) is 36.4 Å². The minimum absolute atomic E-state index is 0.220. The maximum absolute atomic E-state index is 13.2. The number of benzene rings is 1. The molecular formula is C17H19F3N2O2. The summed E-state index contributed by atoms with van der Waals surface area (Å²) in [6, 6.07) is 7.94. The summed E-state index contributed by atoms with van der Waals surface area (Å²) in [5.41, 5.74) is 1.02. The van der Waals surface area contributed by atoms with Crippen LogP contribution in [0.15, 0.2) is 48.8 Å². The van der Waals surface area contributed by atoms with Crippen molar-refractivity contribution >= 4 is 0 Å². The van der Waals surface area contributed by atoms with Crippen molar-refractivity contribution < 1.29 is 23.0 Å². The van der Waals surface area contributed by atoms with Gasteiger partial charge in [0, 0.05) is 18.9 Å². The van der Waals surface area contributed by atoms with Gasteiger partial charge in [-0.15, -0.1) is 0 Å². The molecule has 1 aromatic carbocycles. The third-order valence-electron chi connectivity index (χ3n) is 3.62. The molecule has 7 heteroatoms. The molecule has 0 aliphatic carbocycles. The van der Waals surface area contributed by atoms with E-state index in [0.29, 0.717) is 16.9 Å². The molecule has 0 spiro atoms. The fourth-order valence-corrected chi connectivity index (χ4v) is 2.28. The van der Waals surface area contributed by atoms with E-state index in [9.17, 15) is 18.3 Å². The van der Waals surface area contributed by atoms with Gasteiger partial charge in [0.05, 0.1) is 13.2 Å². The van der Waals surface area contributed by atoms with Gasteiger partial charge >= 0.3 is 6.18 Å². The van der Waals surface area contributed by atoms with E-state index in [1.807, 2.05) is 0 Å². The zero-order chi connectivity index (χ0) is 17.6. The van der Waals surface area contributed by atoms with E-state index in [-0.39, 0.29) is 13.0 Å². The Morgan fingerprint density at radius 1 is 1.21 bits per heavy atom. The third kappa shape index (κ3) is 5.21. The molecule has 0 bridgehead atoms.